The second-order valence-electron chi connectivity index (χ2n) is 4.15. The summed E-state index contributed by atoms with van der Waals surface area (Å²) in [4.78, 5) is 11.5. The van der Waals surface area contributed by atoms with E-state index in [1.54, 1.807) is 19.1 Å². The Labute approximate surface area is 108 Å². The number of carbonyl (C=O) groups is 1. The van der Waals surface area contributed by atoms with Crippen LogP contribution in [0.1, 0.15) is 38.9 Å². The van der Waals surface area contributed by atoms with Crippen molar-refractivity contribution in [2.24, 2.45) is 0 Å². The summed E-state index contributed by atoms with van der Waals surface area (Å²) in [6, 6.07) is 7.16. The molecule has 4 nitrogen and oxygen atoms in total. The van der Waals surface area contributed by atoms with Gasteiger partial charge in [-0.25, -0.2) is 0 Å². The van der Waals surface area contributed by atoms with Crippen molar-refractivity contribution in [1.29, 1.82) is 0 Å². The minimum atomic E-state index is -0.521. The molecule has 0 radical (unpaired) electrons. The van der Waals surface area contributed by atoms with Crippen LogP contribution in [-0.2, 0) is 4.79 Å². The molecular weight excluding hydrogens is 230 g/mol. The minimum absolute atomic E-state index is 0.129. The number of amides is 1. The van der Waals surface area contributed by atoms with Crippen LogP contribution >= 0.6 is 0 Å². The highest BCUT2D eigenvalue weighted by Gasteiger charge is 2.13. The van der Waals surface area contributed by atoms with Crippen molar-refractivity contribution in [3.8, 4) is 5.75 Å². The SMILES string of the molecule is CCNC(=O)C(C)Oc1ccc([C@@H](O)CC)cc1. The Morgan fingerprint density at radius 1 is 1.33 bits per heavy atom. The van der Waals surface area contributed by atoms with Gasteiger partial charge in [-0.3, -0.25) is 4.79 Å². The highest BCUT2D eigenvalue weighted by Crippen LogP contribution is 2.20. The zero-order valence-corrected chi connectivity index (χ0v) is 11.1. The van der Waals surface area contributed by atoms with E-state index in [2.05, 4.69) is 5.32 Å². The first-order valence-electron chi connectivity index (χ1n) is 6.30. The van der Waals surface area contributed by atoms with Gasteiger partial charge >= 0.3 is 0 Å². The number of nitrogens with one attached hydrogen (secondary N) is 1. The van der Waals surface area contributed by atoms with E-state index < -0.39 is 12.2 Å². The lowest BCUT2D eigenvalue weighted by atomic mass is 10.1. The predicted molar refractivity (Wildman–Crippen MR) is 70.5 cm³/mol. The van der Waals surface area contributed by atoms with Gasteiger partial charge in [0.15, 0.2) is 6.10 Å². The van der Waals surface area contributed by atoms with Gasteiger partial charge in [-0.2, -0.15) is 0 Å². The molecule has 2 N–H and O–H groups in total. The van der Waals surface area contributed by atoms with Gasteiger partial charge in [-0.05, 0) is 38.0 Å². The number of likely N-dealkylation sites (N-methyl/N-ethyl adjacent to an activating group) is 1. The lowest BCUT2D eigenvalue weighted by molar-refractivity contribution is -0.127. The monoisotopic (exact) mass is 251 g/mol. The first-order chi connectivity index (χ1) is 8.58. The molecule has 1 unspecified atom stereocenters. The summed E-state index contributed by atoms with van der Waals surface area (Å²) in [6.07, 6.45) is -0.290. The van der Waals surface area contributed by atoms with Crippen LogP contribution in [0.15, 0.2) is 24.3 Å². The maximum Gasteiger partial charge on any atom is 0.260 e. The maximum atomic E-state index is 11.5. The van der Waals surface area contributed by atoms with Crippen LogP contribution in [0.2, 0.25) is 0 Å². The van der Waals surface area contributed by atoms with E-state index in [4.69, 9.17) is 4.74 Å². The molecule has 0 bridgehead atoms. The van der Waals surface area contributed by atoms with E-state index in [0.29, 0.717) is 18.7 Å². The molecule has 4 heteroatoms. The molecule has 1 aromatic rings. The zero-order valence-electron chi connectivity index (χ0n) is 11.1. The highest BCUT2D eigenvalue weighted by molar-refractivity contribution is 5.80. The fraction of sp³-hybridized carbons (Fsp3) is 0.500. The smallest absolute Gasteiger partial charge is 0.260 e. The normalized spacial score (nSPS) is 13.8. The number of aliphatic hydroxyl groups excluding tert-OH is 1. The molecule has 18 heavy (non-hydrogen) atoms. The van der Waals surface area contributed by atoms with E-state index in [0.717, 1.165) is 5.56 Å². The van der Waals surface area contributed by atoms with E-state index in [-0.39, 0.29) is 5.91 Å². The number of aliphatic hydroxyl groups is 1. The number of ether oxygens (including phenoxy) is 1. The van der Waals surface area contributed by atoms with E-state index >= 15 is 0 Å². The first kappa shape index (κ1) is 14.5. The first-order valence-corrected chi connectivity index (χ1v) is 6.30. The average Bonchev–Trinajstić information content (AvgIpc) is 2.39. The Morgan fingerprint density at radius 2 is 1.94 bits per heavy atom. The molecule has 0 aliphatic carbocycles. The van der Waals surface area contributed by atoms with Crippen LogP contribution in [0, 0.1) is 0 Å². The fourth-order valence-corrected chi connectivity index (χ4v) is 1.58. The summed E-state index contributed by atoms with van der Waals surface area (Å²) >= 11 is 0. The number of benzene rings is 1. The quantitative estimate of drug-likeness (QED) is 0.813. The molecule has 0 heterocycles. The molecule has 1 rings (SSSR count). The standard InChI is InChI=1S/C14H21NO3/c1-4-13(16)11-6-8-12(9-7-11)18-10(3)14(17)15-5-2/h6-10,13,16H,4-5H2,1-3H3,(H,15,17)/t10?,13-/m0/s1. The molecule has 0 fully saturated rings. The summed E-state index contributed by atoms with van der Waals surface area (Å²) in [5, 5.41) is 12.4. The molecule has 0 saturated heterocycles. The van der Waals surface area contributed by atoms with Gasteiger partial charge in [0.25, 0.3) is 5.91 Å². The summed E-state index contributed by atoms with van der Waals surface area (Å²) in [6.45, 7) is 6.09. The van der Waals surface area contributed by atoms with Gasteiger partial charge in [0.05, 0.1) is 6.10 Å². The Morgan fingerprint density at radius 3 is 2.44 bits per heavy atom. The molecule has 2 atom stereocenters. The van der Waals surface area contributed by atoms with Crippen molar-refractivity contribution in [2.75, 3.05) is 6.54 Å². The van der Waals surface area contributed by atoms with Crippen molar-refractivity contribution in [2.45, 2.75) is 39.4 Å². The third-order valence-electron chi connectivity index (χ3n) is 2.68. The van der Waals surface area contributed by atoms with Gasteiger partial charge < -0.3 is 15.2 Å². The molecule has 0 aliphatic heterocycles. The molecule has 0 saturated carbocycles. The van der Waals surface area contributed by atoms with Crippen LogP contribution < -0.4 is 10.1 Å². The molecule has 100 valence electrons. The molecule has 0 aliphatic rings. The molecule has 1 amide bonds. The van der Waals surface area contributed by atoms with Crippen molar-refractivity contribution in [1.82, 2.24) is 5.32 Å². The third-order valence-corrected chi connectivity index (χ3v) is 2.68. The number of rotatable bonds is 6. The third kappa shape index (κ3) is 4.04. The van der Waals surface area contributed by atoms with Gasteiger partial charge in [-0.15, -0.1) is 0 Å². The summed E-state index contributed by atoms with van der Waals surface area (Å²) < 4.78 is 5.50. The number of hydrogen-bond acceptors (Lipinski definition) is 3. The summed E-state index contributed by atoms with van der Waals surface area (Å²) in [7, 11) is 0. The zero-order chi connectivity index (χ0) is 13.5. The van der Waals surface area contributed by atoms with Gasteiger partial charge in [0.1, 0.15) is 5.75 Å². The topological polar surface area (TPSA) is 58.6 Å². The van der Waals surface area contributed by atoms with Gasteiger partial charge in [-0.1, -0.05) is 19.1 Å². The average molecular weight is 251 g/mol. The van der Waals surface area contributed by atoms with Crippen LogP contribution in [-0.4, -0.2) is 23.7 Å². The predicted octanol–water partition coefficient (Wildman–Crippen LogP) is 2.03. The lowest BCUT2D eigenvalue weighted by Gasteiger charge is -2.15. The van der Waals surface area contributed by atoms with E-state index in [1.165, 1.54) is 0 Å². The number of hydrogen-bond donors (Lipinski definition) is 2. The van der Waals surface area contributed by atoms with Crippen molar-refractivity contribution >= 4 is 5.91 Å². The molecule has 0 aromatic heterocycles. The lowest BCUT2D eigenvalue weighted by Crippen LogP contribution is -2.36. The van der Waals surface area contributed by atoms with Crippen molar-refractivity contribution in [3.63, 3.8) is 0 Å². The van der Waals surface area contributed by atoms with Gasteiger partial charge in [0, 0.05) is 6.54 Å². The Kier molecular flexibility index (Phi) is 5.65. The number of carbonyl (C=O) groups excluding carboxylic acids is 1. The second-order valence-corrected chi connectivity index (χ2v) is 4.15. The van der Waals surface area contributed by atoms with E-state index in [9.17, 15) is 9.90 Å². The van der Waals surface area contributed by atoms with Crippen LogP contribution in [0.4, 0.5) is 0 Å². The molecule has 0 spiro atoms. The molecule has 1 aromatic carbocycles. The fourth-order valence-electron chi connectivity index (χ4n) is 1.58. The summed E-state index contributed by atoms with van der Waals surface area (Å²) in [5.74, 6) is 0.496. The largest absolute Gasteiger partial charge is 0.481 e. The maximum absolute atomic E-state index is 11.5. The van der Waals surface area contributed by atoms with Gasteiger partial charge in [0.2, 0.25) is 0 Å². The second kappa shape index (κ2) is 7.01. The van der Waals surface area contributed by atoms with Crippen LogP contribution in [0.25, 0.3) is 0 Å². The Balaban J connectivity index is 2.60. The van der Waals surface area contributed by atoms with E-state index in [1.807, 2.05) is 26.0 Å². The highest BCUT2D eigenvalue weighted by atomic mass is 16.5. The van der Waals surface area contributed by atoms with Crippen LogP contribution in [0.5, 0.6) is 5.75 Å². The molecular formula is C14H21NO3. The van der Waals surface area contributed by atoms with Crippen molar-refractivity contribution in [3.05, 3.63) is 29.8 Å². The summed E-state index contributed by atoms with van der Waals surface area (Å²) in [5.41, 5.74) is 0.857. The minimum Gasteiger partial charge on any atom is -0.481 e. The van der Waals surface area contributed by atoms with Crippen LogP contribution in [0.3, 0.4) is 0 Å². The Bertz CT molecular complexity index is 375. The van der Waals surface area contributed by atoms with Crippen molar-refractivity contribution < 1.29 is 14.6 Å². The Hall–Kier alpha value is -1.55.